The first-order chi connectivity index (χ1) is 9.72. The maximum Gasteiger partial charge on any atom is 0.750 e. The Morgan fingerprint density at radius 3 is 2.40 bits per heavy atom. The molecular formula is C15H14O4P+. The van der Waals surface area contributed by atoms with E-state index in [0.29, 0.717) is 11.1 Å². The topological polar surface area (TPSA) is 52.6 Å². The van der Waals surface area contributed by atoms with E-state index in [1.165, 1.54) is 0 Å². The third kappa shape index (κ3) is 3.50. The Balaban J connectivity index is 2.28. The van der Waals surface area contributed by atoms with Crippen LogP contribution in [0.25, 0.3) is 0 Å². The van der Waals surface area contributed by atoms with Gasteiger partial charge in [0.2, 0.25) is 5.75 Å². The summed E-state index contributed by atoms with van der Waals surface area (Å²) in [6.45, 7) is 2.00. The fraction of sp³-hybridized carbons (Fsp3) is 0.133. The first-order valence-corrected chi connectivity index (χ1v) is 7.29. The lowest BCUT2D eigenvalue weighted by atomic mass is 10.0. The molecule has 0 aromatic heterocycles. The van der Waals surface area contributed by atoms with Gasteiger partial charge in [-0.3, -0.25) is 4.79 Å². The van der Waals surface area contributed by atoms with E-state index in [2.05, 4.69) is 0 Å². The van der Waals surface area contributed by atoms with E-state index in [0.717, 1.165) is 0 Å². The van der Waals surface area contributed by atoms with E-state index in [-0.39, 0.29) is 18.1 Å². The second-order valence-electron chi connectivity index (χ2n) is 3.92. The summed E-state index contributed by atoms with van der Waals surface area (Å²) in [4.78, 5) is 12.4. The zero-order valence-corrected chi connectivity index (χ0v) is 11.9. The number of benzene rings is 2. The minimum atomic E-state index is -2.27. The molecule has 20 heavy (non-hydrogen) atoms. The van der Waals surface area contributed by atoms with E-state index in [1.807, 2.05) is 6.07 Å². The van der Waals surface area contributed by atoms with Gasteiger partial charge in [0, 0.05) is 10.1 Å². The quantitative estimate of drug-likeness (QED) is 0.596. The first-order valence-electron chi connectivity index (χ1n) is 6.19. The molecule has 0 saturated carbocycles. The van der Waals surface area contributed by atoms with E-state index in [4.69, 9.17) is 9.05 Å². The summed E-state index contributed by atoms with van der Waals surface area (Å²) < 4.78 is 21.6. The number of para-hydroxylation sites is 1. The summed E-state index contributed by atoms with van der Waals surface area (Å²) in [6, 6.07) is 15.6. The second kappa shape index (κ2) is 6.94. The highest BCUT2D eigenvalue weighted by molar-refractivity contribution is 7.33. The van der Waals surface area contributed by atoms with Gasteiger partial charge in [-0.15, -0.1) is 4.52 Å². The fourth-order valence-electron chi connectivity index (χ4n) is 1.69. The summed E-state index contributed by atoms with van der Waals surface area (Å²) in [5, 5.41) is 0. The minimum absolute atomic E-state index is 0.180. The second-order valence-corrected chi connectivity index (χ2v) is 4.81. The van der Waals surface area contributed by atoms with Crippen molar-refractivity contribution in [2.24, 2.45) is 0 Å². The molecule has 0 spiro atoms. The molecule has 4 nitrogen and oxygen atoms in total. The van der Waals surface area contributed by atoms with Crippen LogP contribution in [0.5, 0.6) is 5.75 Å². The number of carbonyl (C=O) groups is 1. The van der Waals surface area contributed by atoms with Crippen LogP contribution >= 0.6 is 8.25 Å². The Hall–Kier alpha value is -2.03. The molecule has 5 heteroatoms. The molecule has 2 aromatic carbocycles. The van der Waals surface area contributed by atoms with Crippen molar-refractivity contribution in [3.05, 3.63) is 65.7 Å². The Kier molecular flexibility index (Phi) is 4.99. The zero-order chi connectivity index (χ0) is 14.4. The maximum absolute atomic E-state index is 12.4. The summed E-state index contributed by atoms with van der Waals surface area (Å²) in [5.41, 5.74) is 0.914. The monoisotopic (exact) mass is 289 g/mol. The summed E-state index contributed by atoms with van der Waals surface area (Å²) in [7, 11) is -2.27. The maximum atomic E-state index is 12.4. The van der Waals surface area contributed by atoms with E-state index in [1.54, 1.807) is 55.5 Å². The molecule has 0 N–H and O–H groups in total. The molecule has 0 aliphatic carbocycles. The Morgan fingerprint density at radius 2 is 1.70 bits per heavy atom. The van der Waals surface area contributed by atoms with Crippen molar-refractivity contribution in [1.29, 1.82) is 0 Å². The van der Waals surface area contributed by atoms with Gasteiger partial charge >= 0.3 is 8.25 Å². The summed E-state index contributed by atoms with van der Waals surface area (Å²) in [6.07, 6.45) is 0. The average Bonchev–Trinajstić information content (AvgIpc) is 2.48. The Bertz CT molecular complexity index is 610. The van der Waals surface area contributed by atoms with E-state index in [9.17, 15) is 9.36 Å². The Morgan fingerprint density at radius 1 is 1.05 bits per heavy atom. The highest BCUT2D eigenvalue weighted by Gasteiger charge is 2.25. The predicted octanol–water partition coefficient (Wildman–Crippen LogP) is 3.99. The van der Waals surface area contributed by atoms with Crippen LogP contribution in [-0.2, 0) is 9.09 Å². The normalized spacial score (nSPS) is 10.9. The van der Waals surface area contributed by atoms with Crippen LogP contribution in [0.2, 0.25) is 0 Å². The number of hydrogen-bond acceptors (Lipinski definition) is 4. The standard InChI is InChI=1S/C15H14O4P/c1-2-18-20(17)19-14-11-7-6-10-13(14)15(16)12-8-4-3-5-9-12/h3-11H,2H2,1H3/q+1. The van der Waals surface area contributed by atoms with Crippen molar-refractivity contribution in [2.45, 2.75) is 6.92 Å². The summed E-state index contributed by atoms with van der Waals surface area (Å²) in [5.74, 6) is 0.0806. The molecule has 1 unspecified atom stereocenters. The van der Waals surface area contributed by atoms with Gasteiger partial charge in [0.05, 0.1) is 5.56 Å². The van der Waals surface area contributed by atoms with Crippen LogP contribution in [0.3, 0.4) is 0 Å². The van der Waals surface area contributed by atoms with Crippen LogP contribution in [0.4, 0.5) is 0 Å². The number of carbonyl (C=O) groups excluding carboxylic acids is 1. The lowest BCUT2D eigenvalue weighted by Crippen LogP contribution is -2.03. The largest absolute Gasteiger partial charge is 0.750 e. The van der Waals surface area contributed by atoms with Gasteiger partial charge < -0.3 is 0 Å². The smallest absolute Gasteiger partial charge is 0.288 e. The van der Waals surface area contributed by atoms with E-state index < -0.39 is 8.25 Å². The molecule has 0 fully saturated rings. The summed E-state index contributed by atoms with van der Waals surface area (Å²) >= 11 is 0. The first kappa shape index (κ1) is 14.4. The average molecular weight is 289 g/mol. The molecule has 0 amide bonds. The number of hydrogen-bond donors (Lipinski definition) is 0. The van der Waals surface area contributed by atoms with Crippen molar-refractivity contribution in [3.63, 3.8) is 0 Å². The third-order valence-electron chi connectivity index (χ3n) is 2.58. The van der Waals surface area contributed by atoms with Crippen LogP contribution in [0.15, 0.2) is 54.6 Å². The van der Waals surface area contributed by atoms with Crippen molar-refractivity contribution in [1.82, 2.24) is 0 Å². The zero-order valence-electron chi connectivity index (χ0n) is 11.0. The highest BCUT2D eigenvalue weighted by atomic mass is 31.1. The lowest BCUT2D eigenvalue weighted by Gasteiger charge is -2.03. The molecule has 0 bridgehead atoms. The molecule has 1 atom stereocenters. The van der Waals surface area contributed by atoms with Crippen molar-refractivity contribution < 1.29 is 18.4 Å². The minimum Gasteiger partial charge on any atom is -0.288 e. The van der Waals surface area contributed by atoms with Gasteiger partial charge in [-0.2, -0.15) is 0 Å². The molecule has 0 aliphatic rings. The Labute approximate surface area is 118 Å². The predicted molar refractivity (Wildman–Crippen MR) is 76.2 cm³/mol. The van der Waals surface area contributed by atoms with E-state index >= 15 is 0 Å². The van der Waals surface area contributed by atoms with Gasteiger partial charge in [-0.25, -0.2) is 4.52 Å². The van der Waals surface area contributed by atoms with Gasteiger partial charge in [0.1, 0.15) is 6.61 Å². The van der Waals surface area contributed by atoms with Gasteiger partial charge in [-0.05, 0) is 19.1 Å². The molecule has 2 rings (SSSR count). The van der Waals surface area contributed by atoms with Crippen LogP contribution in [0.1, 0.15) is 22.8 Å². The molecule has 0 radical (unpaired) electrons. The number of ketones is 1. The van der Waals surface area contributed by atoms with Crippen LogP contribution < -0.4 is 4.52 Å². The van der Waals surface area contributed by atoms with Crippen molar-refractivity contribution in [3.8, 4) is 5.75 Å². The molecule has 0 aliphatic heterocycles. The molecule has 102 valence electrons. The fourth-order valence-corrected chi connectivity index (χ4v) is 2.27. The van der Waals surface area contributed by atoms with Crippen LogP contribution in [-0.4, -0.2) is 12.4 Å². The highest BCUT2D eigenvalue weighted by Crippen LogP contribution is 2.31. The van der Waals surface area contributed by atoms with Gasteiger partial charge in [-0.1, -0.05) is 42.5 Å². The van der Waals surface area contributed by atoms with Gasteiger partial charge in [0.25, 0.3) is 0 Å². The molecule has 2 aromatic rings. The SMILES string of the molecule is CCO[P+](=O)Oc1ccccc1C(=O)c1ccccc1. The molecular weight excluding hydrogens is 275 g/mol. The molecule has 0 saturated heterocycles. The van der Waals surface area contributed by atoms with Crippen molar-refractivity contribution >= 4 is 14.0 Å². The number of rotatable bonds is 6. The third-order valence-corrected chi connectivity index (χ3v) is 3.39. The lowest BCUT2D eigenvalue weighted by molar-refractivity contribution is 0.103. The van der Waals surface area contributed by atoms with Crippen molar-refractivity contribution in [2.75, 3.05) is 6.61 Å². The molecule has 0 heterocycles. The van der Waals surface area contributed by atoms with Crippen LogP contribution in [0, 0.1) is 0 Å². The van der Waals surface area contributed by atoms with Gasteiger partial charge in [0.15, 0.2) is 5.78 Å².